The van der Waals surface area contributed by atoms with Gasteiger partial charge in [-0.25, -0.2) is 4.79 Å². The van der Waals surface area contributed by atoms with Crippen LogP contribution in [0.3, 0.4) is 0 Å². The van der Waals surface area contributed by atoms with Gasteiger partial charge < -0.3 is 14.2 Å². The molecule has 1 aliphatic heterocycles. The fraction of sp³-hybridized carbons (Fsp3) is 0.421. The minimum atomic E-state index is -0.490. The van der Waals surface area contributed by atoms with Crippen LogP contribution in [0.15, 0.2) is 46.1 Å². The fourth-order valence-corrected chi connectivity index (χ4v) is 3.10. The molecule has 0 aliphatic carbocycles. The predicted octanol–water partition coefficient (Wildman–Crippen LogP) is 1.31. The molecule has 0 radical (unpaired) electrons. The highest BCUT2D eigenvalue weighted by Gasteiger charge is 2.23. The van der Waals surface area contributed by atoms with E-state index in [2.05, 4.69) is 4.98 Å². The van der Waals surface area contributed by atoms with Crippen molar-refractivity contribution in [2.24, 2.45) is 0 Å². The minimum Gasteiger partial charge on any atom is -0.490 e. The molecule has 0 saturated carbocycles. The minimum absolute atomic E-state index is 0.0112. The summed E-state index contributed by atoms with van der Waals surface area (Å²) in [4.78, 5) is 39.0. The summed E-state index contributed by atoms with van der Waals surface area (Å²) in [5.41, 5.74) is 0.233. The third kappa shape index (κ3) is 4.62. The Kier molecular flexibility index (Phi) is 5.55. The number of hydrogen-bond acceptors (Lipinski definition) is 4. The van der Waals surface area contributed by atoms with E-state index in [1.165, 1.54) is 16.8 Å². The molecule has 1 fully saturated rings. The van der Waals surface area contributed by atoms with Crippen LogP contribution < -0.4 is 16.0 Å². The zero-order valence-corrected chi connectivity index (χ0v) is 14.8. The Morgan fingerprint density at radius 1 is 1.23 bits per heavy atom. The molecule has 2 aromatic rings. The molecular formula is C19H23N3O4. The number of nitrogens with one attached hydrogen (secondary N) is 1. The molecule has 0 unspecified atom stereocenters. The highest BCUT2D eigenvalue weighted by atomic mass is 16.5. The Labute approximate surface area is 151 Å². The summed E-state index contributed by atoms with van der Waals surface area (Å²) in [7, 11) is 0. The van der Waals surface area contributed by atoms with Gasteiger partial charge in [-0.2, -0.15) is 0 Å². The van der Waals surface area contributed by atoms with Gasteiger partial charge in [-0.15, -0.1) is 0 Å². The molecule has 0 spiro atoms. The summed E-state index contributed by atoms with van der Waals surface area (Å²) in [5.74, 6) is 0.879. The van der Waals surface area contributed by atoms with Crippen molar-refractivity contribution in [1.29, 1.82) is 0 Å². The van der Waals surface area contributed by atoms with Crippen LogP contribution in [-0.2, 0) is 11.3 Å². The lowest BCUT2D eigenvalue weighted by atomic mass is 10.1. The number of nitrogens with zero attached hydrogens (tertiary/aromatic N) is 2. The Morgan fingerprint density at radius 2 is 2.00 bits per heavy atom. The number of aromatic amines is 1. The lowest BCUT2D eigenvalue weighted by Gasteiger charge is -2.32. The topological polar surface area (TPSA) is 84.4 Å². The number of H-pyrrole nitrogens is 1. The van der Waals surface area contributed by atoms with Crippen LogP contribution in [0.4, 0.5) is 0 Å². The van der Waals surface area contributed by atoms with Crippen molar-refractivity contribution in [2.45, 2.75) is 38.8 Å². The standard InChI is InChI=1S/C19H23N3O4/c1-14-3-2-4-16(13-14)26-15-5-9-21(10-6-15)18(24)8-12-22-11-7-17(23)20-19(22)25/h2-4,7,11,13,15H,5-6,8-10,12H2,1H3,(H,20,23,25). The monoisotopic (exact) mass is 357 g/mol. The van der Waals surface area contributed by atoms with E-state index in [0.29, 0.717) is 13.1 Å². The molecule has 1 aliphatic rings. The molecule has 0 atom stereocenters. The number of aromatic nitrogens is 2. The first-order valence-corrected chi connectivity index (χ1v) is 8.82. The van der Waals surface area contributed by atoms with E-state index in [4.69, 9.17) is 4.74 Å². The number of carbonyl (C=O) groups is 1. The van der Waals surface area contributed by atoms with Gasteiger partial charge in [0.15, 0.2) is 0 Å². The predicted molar refractivity (Wildman–Crippen MR) is 97.3 cm³/mol. The first-order valence-electron chi connectivity index (χ1n) is 8.82. The molecule has 1 aromatic carbocycles. The molecule has 138 valence electrons. The second-order valence-corrected chi connectivity index (χ2v) is 6.57. The van der Waals surface area contributed by atoms with Crippen molar-refractivity contribution in [3.05, 3.63) is 62.9 Å². The van der Waals surface area contributed by atoms with Crippen LogP contribution >= 0.6 is 0 Å². The van der Waals surface area contributed by atoms with Crippen LogP contribution in [0, 0.1) is 6.92 Å². The highest BCUT2D eigenvalue weighted by Crippen LogP contribution is 2.20. The molecule has 7 nitrogen and oxygen atoms in total. The maximum Gasteiger partial charge on any atom is 0.328 e. The van der Waals surface area contributed by atoms with Gasteiger partial charge in [-0.05, 0) is 24.6 Å². The van der Waals surface area contributed by atoms with Gasteiger partial charge in [0.1, 0.15) is 11.9 Å². The van der Waals surface area contributed by atoms with E-state index in [0.717, 1.165) is 24.2 Å². The van der Waals surface area contributed by atoms with Crippen LogP contribution in [-0.4, -0.2) is 39.6 Å². The Morgan fingerprint density at radius 3 is 2.69 bits per heavy atom. The second kappa shape index (κ2) is 8.03. The second-order valence-electron chi connectivity index (χ2n) is 6.57. The first kappa shape index (κ1) is 18.0. The first-order chi connectivity index (χ1) is 12.5. The molecule has 1 aromatic heterocycles. The number of piperidine rings is 1. The third-order valence-electron chi connectivity index (χ3n) is 4.55. The summed E-state index contributed by atoms with van der Waals surface area (Å²) in [5, 5.41) is 0. The molecule has 1 amide bonds. The van der Waals surface area contributed by atoms with Gasteiger partial charge in [0.2, 0.25) is 5.91 Å². The smallest absolute Gasteiger partial charge is 0.328 e. The largest absolute Gasteiger partial charge is 0.490 e. The number of rotatable bonds is 5. The molecular weight excluding hydrogens is 334 g/mol. The summed E-state index contributed by atoms with van der Waals surface area (Å²) in [6.07, 6.45) is 3.34. The molecule has 7 heteroatoms. The number of hydrogen-bond donors (Lipinski definition) is 1. The van der Waals surface area contributed by atoms with E-state index in [1.54, 1.807) is 0 Å². The number of benzene rings is 1. The van der Waals surface area contributed by atoms with Gasteiger partial charge in [-0.3, -0.25) is 14.6 Å². The SMILES string of the molecule is Cc1cccc(OC2CCN(C(=O)CCn3ccc(=O)[nH]c3=O)CC2)c1. The normalized spacial score (nSPS) is 15.0. The number of ether oxygens (including phenoxy) is 1. The molecule has 26 heavy (non-hydrogen) atoms. The molecule has 3 rings (SSSR count). The van der Waals surface area contributed by atoms with Crippen molar-refractivity contribution in [3.63, 3.8) is 0 Å². The van der Waals surface area contributed by atoms with Crippen molar-refractivity contribution >= 4 is 5.91 Å². The van der Waals surface area contributed by atoms with E-state index in [1.807, 2.05) is 36.1 Å². The third-order valence-corrected chi connectivity index (χ3v) is 4.55. The Hall–Kier alpha value is -2.83. The number of carbonyl (C=O) groups excluding carboxylic acids is 1. The molecule has 1 saturated heterocycles. The van der Waals surface area contributed by atoms with Gasteiger partial charge in [-0.1, -0.05) is 12.1 Å². The molecule has 2 heterocycles. The van der Waals surface area contributed by atoms with E-state index < -0.39 is 11.2 Å². The van der Waals surface area contributed by atoms with Gasteiger partial charge in [0.25, 0.3) is 5.56 Å². The highest BCUT2D eigenvalue weighted by molar-refractivity contribution is 5.76. The maximum atomic E-state index is 12.4. The van der Waals surface area contributed by atoms with E-state index in [9.17, 15) is 14.4 Å². The van der Waals surface area contributed by atoms with Crippen molar-refractivity contribution in [3.8, 4) is 5.75 Å². The summed E-state index contributed by atoms with van der Waals surface area (Å²) < 4.78 is 7.34. The maximum absolute atomic E-state index is 12.4. The quantitative estimate of drug-likeness (QED) is 0.874. The number of aryl methyl sites for hydroxylation is 2. The van der Waals surface area contributed by atoms with Crippen LogP contribution in [0.2, 0.25) is 0 Å². The number of likely N-dealkylation sites (tertiary alicyclic amines) is 1. The van der Waals surface area contributed by atoms with Gasteiger partial charge in [0.05, 0.1) is 0 Å². The fourth-order valence-electron chi connectivity index (χ4n) is 3.10. The number of amides is 1. The van der Waals surface area contributed by atoms with Crippen molar-refractivity contribution < 1.29 is 9.53 Å². The summed E-state index contributed by atoms with van der Waals surface area (Å²) in [6, 6.07) is 9.25. The van der Waals surface area contributed by atoms with Crippen LogP contribution in [0.5, 0.6) is 5.75 Å². The zero-order chi connectivity index (χ0) is 18.5. The van der Waals surface area contributed by atoms with Gasteiger partial charge >= 0.3 is 5.69 Å². The summed E-state index contributed by atoms with van der Waals surface area (Å²) in [6.45, 7) is 3.58. The molecule has 0 bridgehead atoms. The average Bonchev–Trinajstić information content (AvgIpc) is 2.61. The van der Waals surface area contributed by atoms with Crippen molar-refractivity contribution in [1.82, 2.24) is 14.5 Å². The van der Waals surface area contributed by atoms with E-state index in [-0.39, 0.29) is 25.0 Å². The Balaban J connectivity index is 1.47. The van der Waals surface area contributed by atoms with Crippen molar-refractivity contribution in [2.75, 3.05) is 13.1 Å². The van der Waals surface area contributed by atoms with E-state index >= 15 is 0 Å². The Bertz CT molecular complexity index is 879. The molecule has 1 N–H and O–H groups in total. The van der Waals surface area contributed by atoms with Crippen LogP contribution in [0.1, 0.15) is 24.8 Å². The zero-order valence-electron chi connectivity index (χ0n) is 14.8. The average molecular weight is 357 g/mol. The lowest BCUT2D eigenvalue weighted by Crippen LogP contribution is -2.42. The summed E-state index contributed by atoms with van der Waals surface area (Å²) >= 11 is 0. The van der Waals surface area contributed by atoms with Gasteiger partial charge in [0, 0.05) is 51.2 Å². The lowest BCUT2D eigenvalue weighted by molar-refractivity contribution is -0.133. The van der Waals surface area contributed by atoms with Crippen LogP contribution in [0.25, 0.3) is 0 Å².